The molecule has 0 spiro atoms. The monoisotopic (exact) mass is 239 g/mol. The van der Waals surface area contributed by atoms with Crippen LogP contribution in [-0.4, -0.2) is 32.8 Å². The van der Waals surface area contributed by atoms with E-state index in [9.17, 15) is 4.79 Å². The predicted molar refractivity (Wildman–Crippen MR) is 62.6 cm³/mol. The number of benzene rings is 1. The number of rotatable bonds is 7. The van der Waals surface area contributed by atoms with E-state index in [1.54, 1.807) is 7.11 Å². The number of ether oxygens (including phenoxy) is 2. The summed E-state index contributed by atoms with van der Waals surface area (Å²) in [4.78, 5) is 16.1. The lowest BCUT2D eigenvalue weighted by atomic mass is 10.2. The van der Waals surface area contributed by atoms with Crippen molar-refractivity contribution in [3.63, 3.8) is 0 Å². The van der Waals surface area contributed by atoms with Crippen LogP contribution >= 0.6 is 0 Å². The number of hydrogen-bond donors (Lipinski definition) is 1. The van der Waals surface area contributed by atoms with E-state index in [0.29, 0.717) is 19.0 Å². The van der Waals surface area contributed by atoms with Crippen molar-refractivity contribution in [2.45, 2.75) is 6.92 Å². The summed E-state index contributed by atoms with van der Waals surface area (Å²) >= 11 is 0. The lowest BCUT2D eigenvalue weighted by Gasteiger charge is -2.09. The van der Waals surface area contributed by atoms with Crippen LogP contribution in [-0.2, 0) is 14.4 Å². The van der Waals surface area contributed by atoms with Gasteiger partial charge in [-0.2, -0.15) is 0 Å². The van der Waals surface area contributed by atoms with Gasteiger partial charge in [-0.05, 0) is 18.6 Å². The van der Waals surface area contributed by atoms with Crippen LogP contribution in [0.4, 0.5) is 0 Å². The van der Waals surface area contributed by atoms with Crippen molar-refractivity contribution in [2.75, 3.05) is 26.9 Å². The number of carbonyl (C=O) groups is 1. The third-order valence-electron chi connectivity index (χ3n) is 2.03. The van der Waals surface area contributed by atoms with Crippen molar-refractivity contribution >= 4 is 5.91 Å². The number of amides is 1. The first-order valence-corrected chi connectivity index (χ1v) is 5.32. The van der Waals surface area contributed by atoms with Gasteiger partial charge in [-0.3, -0.25) is 9.63 Å². The second-order valence-electron chi connectivity index (χ2n) is 3.42. The fraction of sp³-hybridized carbons (Fsp3) is 0.417. The first-order valence-electron chi connectivity index (χ1n) is 5.32. The van der Waals surface area contributed by atoms with Crippen LogP contribution in [0.5, 0.6) is 5.75 Å². The van der Waals surface area contributed by atoms with Gasteiger partial charge in [0, 0.05) is 7.11 Å². The molecule has 0 saturated carbocycles. The molecule has 1 N–H and O–H groups in total. The molecule has 0 radical (unpaired) electrons. The van der Waals surface area contributed by atoms with Crippen LogP contribution in [0.25, 0.3) is 0 Å². The van der Waals surface area contributed by atoms with Gasteiger partial charge < -0.3 is 9.47 Å². The number of carbonyl (C=O) groups excluding carboxylic acids is 1. The topological polar surface area (TPSA) is 56.8 Å². The maximum atomic E-state index is 11.3. The van der Waals surface area contributed by atoms with Crippen LogP contribution in [0.3, 0.4) is 0 Å². The molecule has 0 saturated heterocycles. The average Bonchev–Trinajstić information content (AvgIpc) is 2.34. The van der Waals surface area contributed by atoms with E-state index in [1.165, 1.54) is 0 Å². The molecule has 5 heteroatoms. The summed E-state index contributed by atoms with van der Waals surface area (Å²) in [5.41, 5.74) is 3.25. The van der Waals surface area contributed by atoms with Gasteiger partial charge >= 0.3 is 0 Å². The Kier molecular flexibility index (Phi) is 6.06. The Hall–Kier alpha value is -1.59. The zero-order chi connectivity index (χ0) is 12.5. The Labute approximate surface area is 101 Å². The Morgan fingerprint density at radius 1 is 1.29 bits per heavy atom. The molecule has 5 nitrogen and oxygen atoms in total. The standard InChI is InChI=1S/C12H17NO4/c1-10-5-3-4-6-11(10)16-9-12(14)13-17-8-7-15-2/h3-6H,7-9H2,1-2H3,(H,13,14). The van der Waals surface area contributed by atoms with Crippen LogP contribution in [0, 0.1) is 6.92 Å². The van der Waals surface area contributed by atoms with Crippen molar-refractivity contribution in [1.29, 1.82) is 0 Å². The van der Waals surface area contributed by atoms with Gasteiger partial charge in [0.1, 0.15) is 5.75 Å². The van der Waals surface area contributed by atoms with E-state index in [-0.39, 0.29) is 12.5 Å². The Morgan fingerprint density at radius 3 is 2.76 bits per heavy atom. The molecule has 1 rings (SSSR count). The summed E-state index contributed by atoms with van der Waals surface area (Å²) < 4.78 is 10.1. The molecule has 1 amide bonds. The van der Waals surface area contributed by atoms with Gasteiger partial charge in [0.15, 0.2) is 6.61 Å². The third kappa shape index (κ3) is 5.33. The molecule has 0 aromatic heterocycles. The summed E-state index contributed by atoms with van der Waals surface area (Å²) in [5.74, 6) is 0.365. The third-order valence-corrected chi connectivity index (χ3v) is 2.03. The molecule has 0 unspecified atom stereocenters. The van der Waals surface area contributed by atoms with E-state index in [4.69, 9.17) is 14.3 Å². The Balaban J connectivity index is 2.22. The van der Waals surface area contributed by atoms with Crippen LogP contribution in [0.1, 0.15) is 5.56 Å². The molecule has 0 bridgehead atoms. The molecule has 0 aliphatic carbocycles. The lowest BCUT2D eigenvalue weighted by molar-refractivity contribution is -0.136. The zero-order valence-corrected chi connectivity index (χ0v) is 10.1. The van der Waals surface area contributed by atoms with Gasteiger partial charge in [0.05, 0.1) is 13.2 Å². The summed E-state index contributed by atoms with van der Waals surface area (Å²) in [6.45, 7) is 2.59. The number of hydrogen-bond acceptors (Lipinski definition) is 4. The molecule has 1 aromatic carbocycles. The maximum absolute atomic E-state index is 11.3. The highest BCUT2D eigenvalue weighted by molar-refractivity contribution is 5.76. The van der Waals surface area contributed by atoms with Crippen LogP contribution in [0.15, 0.2) is 24.3 Å². The maximum Gasteiger partial charge on any atom is 0.281 e. The minimum absolute atomic E-state index is 0.0716. The highest BCUT2D eigenvalue weighted by atomic mass is 16.7. The molecule has 0 aliphatic rings. The predicted octanol–water partition coefficient (Wildman–Crippen LogP) is 1.07. The SMILES string of the molecule is COCCONC(=O)COc1ccccc1C. The fourth-order valence-electron chi connectivity index (χ4n) is 1.15. The van der Waals surface area contributed by atoms with E-state index in [1.807, 2.05) is 31.2 Å². The van der Waals surface area contributed by atoms with E-state index < -0.39 is 0 Å². The second kappa shape index (κ2) is 7.65. The molecule has 1 aromatic rings. The highest BCUT2D eigenvalue weighted by Crippen LogP contribution is 2.15. The van der Waals surface area contributed by atoms with Gasteiger partial charge in [-0.1, -0.05) is 18.2 Å². The van der Waals surface area contributed by atoms with Gasteiger partial charge in [0.2, 0.25) is 0 Å². The normalized spacial score (nSPS) is 10.0. The molecule has 0 atom stereocenters. The van der Waals surface area contributed by atoms with Gasteiger partial charge in [-0.25, -0.2) is 5.48 Å². The summed E-state index contributed by atoms with van der Waals surface area (Å²) in [5, 5.41) is 0. The molecule has 0 fully saturated rings. The molecule has 17 heavy (non-hydrogen) atoms. The lowest BCUT2D eigenvalue weighted by Crippen LogP contribution is -2.30. The number of hydroxylamine groups is 1. The molecule has 94 valence electrons. The fourth-order valence-corrected chi connectivity index (χ4v) is 1.15. The highest BCUT2D eigenvalue weighted by Gasteiger charge is 2.03. The summed E-state index contributed by atoms with van der Waals surface area (Å²) in [6, 6.07) is 7.50. The number of aryl methyl sites for hydroxylation is 1. The van der Waals surface area contributed by atoms with E-state index >= 15 is 0 Å². The van der Waals surface area contributed by atoms with Gasteiger partial charge in [0.25, 0.3) is 5.91 Å². The molecular weight excluding hydrogens is 222 g/mol. The first kappa shape index (κ1) is 13.5. The quantitative estimate of drug-likeness (QED) is 0.571. The van der Waals surface area contributed by atoms with E-state index in [2.05, 4.69) is 5.48 Å². The van der Waals surface area contributed by atoms with Crippen LogP contribution in [0.2, 0.25) is 0 Å². The number of nitrogens with one attached hydrogen (secondary N) is 1. The average molecular weight is 239 g/mol. The van der Waals surface area contributed by atoms with Crippen molar-refractivity contribution in [3.8, 4) is 5.75 Å². The number of methoxy groups -OCH3 is 1. The Bertz CT molecular complexity index is 354. The van der Waals surface area contributed by atoms with Gasteiger partial charge in [-0.15, -0.1) is 0 Å². The smallest absolute Gasteiger partial charge is 0.281 e. The van der Waals surface area contributed by atoms with Crippen molar-refractivity contribution in [3.05, 3.63) is 29.8 Å². The second-order valence-corrected chi connectivity index (χ2v) is 3.42. The zero-order valence-electron chi connectivity index (χ0n) is 10.1. The Morgan fingerprint density at radius 2 is 2.06 bits per heavy atom. The van der Waals surface area contributed by atoms with E-state index in [0.717, 1.165) is 5.56 Å². The van der Waals surface area contributed by atoms with Crippen LogP contribution < -0.4 is 10.2 Å². The number of para-hydroxylation sites is 1. The molecule has 0 heterocycles. The summed E-state index contributed by atoms with van der Waals surface area (Å²) in [7, 11) is 1.56. The van der Waals surface area contributed by atoms with Crippen molar-refractivity contribution in [1.82, 2.24) is 5.48 Å². The van der Waals surface area contributed by atoms with Crippen molar-refractivity contribution < 1.29 is 19.1 Å². The minimum atomic E-state index is -0.329. The van der Waals surface area contributed by atoms with Crippen molar-refractivity contribution in [2.24, 2.45) is 0 Å². The summed E-state index contributed by atoms with van der Waals surface area (Å²) in [6.07, 6.45) is 0. The minimum Gasteiger partial charge on any atom is -0.483 e. The molecular formula is C12H17NO4. The molecule has 0 aliphatic heterocycles. The largest absolute Gasteiger partial charge is 0.483 e. The first-order chi connectivity index (χ1) is 8.24.